The molecule has 2 aromatic rings. The van der Waals surface area contributed by atoms with Crippen molar-refractivity contribution in [1.82, 2.24) is 0 Å². The Balaban J connectivity index is 2.14. The van der Waals surface area contributed by atoms with Crippen molar-refractivity contribution in [3.05, 3.63) is 54.1 Å². The summed E-state index contributed by atoms with van der Waals surface area (Å²) in [6.07, 6.45) is 4.40. The molecule has 2 aromatic carbocycles. The van der Waals surface area contributed by atoms with E-state index in [1.165, 1.54) is 21.9 Å². The van der Waals surface area contributed by atoms with Gasteiger partial charge in [-0.3, -0.25) is 0 Å². The van der Waals surface area contributed by atoms with E-state index in [2.05, 4.69) is 62.4 Å². The molecule has 1 aliphatic rings. The Bertz CT molecular complexity index is 632. The molecule has 0 spiro atoms. The first-order valence-electron chi connectivity index (χ1n) is 6.88. The van der Waals surface area contributed by atoms with Gasteiger partial charge in [-0.2, -0.15) is 0 Å². The summed E-state index contributed by atoms with van der Waals surface area (Å²) in [6, 6.07) is 15.1. The van der Waals surface area contributed by atoms with E-state index in [-0.39, 0.29) is 10.8 Å². The van der Waals surface area contributed by atoms with Gasteiger partial charge in [-0.1, -0.05) is 62.4 Å². The molecule has 1 atom stereocenters. The Morgan fingerprint density at radius 1 is 1.05 bits per heavy atom. The molecule has 0 amide bonds. The average molecular weight is 271 g/mol. The van der Waals surface area contributed by atoms with Crippen LogP contribution in [0.5, 0.6) is 0 Å². The molecule has 0 saturated carbocycles. The number of hydrogen-bond acceptors (Lipinski definition) is 0. The highest BCUT2D eigenvalue weighted by Gasteiger charge is 2.28. The predicted molar refractivity (Wildman–Crippen MR) is 84.6 cm³/mol. The van der Waals surface area contributed by atoms with Crippen LogP contribution in [0.25, 0.3) is 16.3 Å². The summed E-state index contributed by atoms with van der Waals surface area (Å²) in [5.41, 5.74) is 3.03. The lowest BCUT2D eigenvalue weighted by molar-refractivity contribution is 0.340. The summed E-state index contributed by atoms with van der Waals surface area (Å²) in [4.78, 5) is 0. The quantitative estimate of drug-likeness (QED) is 0.587. The third-order valence-corrected chi connectivity index (χ3v) is 4.21. The molecule has 0 bridgehead atoms. The SMILES string of the molecule is CC1(C)CC(c2cccc3ccccc23)=CC(Cl)C1. The number of alkyl halides is 1. The first kappa shape index (κ1) is 12.7. The van der Waals surface area contributed by atoms with Crippen molar-refractivity contribution < 1.29 is 0 Å². The van der Waals surface area contributed by atoms with Crippen molar-refractivity contribution in [3.63, 3.8) is 0 Å². The minimum absolute atomic E-state index is 0.151. The predicted octanol–water partition coefficient (Wildman–Crippen LogP) is 5.65. The van der Waals surface area contributed by atoms with Crippen LogP contribution in [-0.2, 0) is 0 Å². The zero-order valence-corrected chi connectivity index (χ0v) is 12.2. The number of fused-ring (bicyclic) bond motifs is 1. The van der Waals surface area contributed by atoms with Gasteiger partial charge in [-0.05, 0) is 40.2 Å². The molecule has 0 N–H and O–H groups in total. The standard InChI is InChI=1S/C18H19Cl/c1-18(2)11-14(10-15(19)12-18)17-9-5-7-13-6-3-4-8-16(13)17/h3-10,15H,11-12H2,1-2H3. The second-order valence-electron chi connectivity index (χ2n) is 6.28. The van der Waals surface area contributed by atoms with E-state index >= 15 is 0 Å². The highest BCUT2D eigenvalue weighted by Crippen LogP contribution is 2.42. The van der Waals surface area contributed by atoms with Crippen LogP contribution in [0.4, 0.5) is 0 Å². The van der Waals surface area contributed by atoms with Crippen LogP contribution in [0.15, 0.2) is 48.5 Å². The maximum absolute atomic E-state index is 6.42. The number of halogens is 1. The molecular weight excluding hydrogens is 252 g/mol. The van der Waals surface area contributed by atoms with Crippen molar-refractivity contribution in [2.75, 3.05) is 0 Å². The molecule has 1 unspecified atom stereocenters. The average Bonchev–Trinajstić information content (AvgIpc) is 2.35. The van der Waals surface area contributed by atoms with E-state index in [1.54, 1.807) is 0 Å². The van der Waals surface area contributed by atoms with Crippen molar-refractivity contribution in [3.8, 4) is 0 Å². The van der Waals surface area contributed by atoms with Gasteiger partial charge in [0.25, 0.3) is 0 Å². The van der Waals surface area contributed by atoms with Crippen LogP contribution in [0.2, 0.25) is 0 Å². The molecule has 0 saturated heterocycles. The summed E-state index contributed by atoms with van der Waals surface area (Å²) in [6.45, 7) is 4.61. The minimum atomic E-state index is 0.151. The monoisotopic (exact) mass is 270 g/mol. The van der Waals surface area contributed by atoms with Crippen LogP contribution in [0.3, 0.4) is 0 Å². The van der Waals surface area contributed by atoms with Crippen molar-refractivity contribution >= 4 is 27.9 Å². The van der Waals surface area contributed by atoms with Crippen LogP contribution in [0.1, 0.15) is 32.3 Å². The first-order chi connectivity index (χ1) is 9.05. The molecule has 1 heteroatoms. The Morgan fingerprint density at radius 3 is 2.58 bits per heavy atom. The lowest BCUT2D eigenvalue weighted by atomic mass is 9.75. The van der Waals surface area contributed by atoms with E-state index in [0.717, 1.165) is 12.8 Å². The number of hydrogen-bond donors (Lipinski definition) is 0. The molecule has 0 aliphatic heterocycles. The highest BCUT2D eigenvalue weighted by molar-refractivity contribution is 6.22. The lowest BCUT2D eigenvalue weighted by Gasteiger charge is -2.32. The zero-order chi connectivity index (χ0) is 13.5. The summed E-state index contributed by atoms with van der Waals surface area (Å²) in [5.74, 6) is 0. The molecule has 0 aromatic heterocycles. The van der Waals surface area contributed by atoms with Gasteiger partial charge < -0.3 is 0 Å². The lowest BCUT2D eigenvalue weighted by Crippen LogP contribution is -2.21. The zero-order valence-electron chi connectivity index (χ0n) is 11.5. The normalized spacial score (nSPS) is 22.3. The molecule has 0 nitrogen and oxygen atoms in total. The van der Waals surface area contributed by atoms with Gasteiger partial charge in [0.2, 0.25) is 0 Å². The topological polar surface area (TPSA) is 0 Å². The largest absolute Gasteiger partial charge is 0.118 e. The molecule has 0 heterocycles. The van der Waals surface area contributed by atoms with Crippen LogP contribution >= 0.6 is 11.6 Å². The number of allylic oxidation sites excluding steroid dienone is 2. The smallest absolute Gasteiger partial charge is 0.0527 e. The van der Waals surface area contributed by atoms with Crippen molar-refractivity contribution in [2.45, 2.75) is 32.1 Å². The third-order valence-electron chi connectivity index (χ3n) is 3.93. The van der Waals surface area contributed by atoms with E-state index in [0.29, 0.717) is 0 Å². The van der Waals surface area contributed by atoms with Crippen molar-refractivity contribution in [2.24, 2.45) is 5.41 Å². The Morgan fingerprint density at radius 2 is 1.79 bits per heavy atom. The van der Waals surface area contributed by atoms with Gasteiger partial charge in [-0.15, -0.1) is 11.6 Å². The van der Waals surface area contributed by atoms with Gasteiger partial charge in [0.1, 0.15) is 0 Å². The van der Waals surface area contributed by atoms with E-state index in [9.17, 15) is 0 Å². The Hall–Kier alpha value is -1.27. The Labute approximate surface area is 120 Å². The van der Waals surface area contributed by atoms with Gasteiger partial charge in [-0.25, -0.2) is 0 Å². The van der Waals surface area contributed by atoms with Crippen molar-refractivity contribution in [1.29, 1.82) is 0 Å². The first-order valence-corrected chi connectivity index (χ1v) is 7.32. The molecule has 98 valence electrons. The third kappa shape index (κ3) is 2.55. The summed E-state index contributed by atoms with van der Waals surface area (Å²) in [5, 5.41) is 2.78. The highest BCUT2D eigenvalue weighted by atomic mass is 35.5. The Kier molecular flexibility index (Phi) is 3.14. The molecule has 0 radical (unpaired) electrons. The van der Waals surface area contributed by atoms with E-state index in [4.69, 9.17) is 11.6 Å². The van der Waals surface area contributed by atoms with Crippen LogP contribution in [-0.4, -0.2) is 5.38 Å². The second kappa shape index (κ2) is 4.68. The summed E-state index contributed by atoms with van der Waals surface area (Å²) in [7, 11) is 0. The fourth-order valence-electron chi connectivity index (χ4n) is 3.14. The van der Waals surface area contributed by atoms with Gasteiger partial charge in [0.05, 0.1) is 5.38 Å². The van der Waals surface area contributed by atoms with Crippen LogP contribution in [0, 0.1) is 5.41 Å². The summed E-state index contributed by atoms with van der Waals surface area (Å²) >= 11 is 6.42. The summed E-state index contributed by atoms with van der Waals surface area (Å²) < 4.78 is 0. The minimum Gasteiger partial charge on any atom is -0.118 e. The molecule has 1 aliphatic carbocycles. The fourth-order valence-corrected chi connectivity index (χ4v) is 3.71. The molecule has 3 rings (SSSR count). The molecular formula is C18H19Cl. The molecule has 19 heavy (non-hydrogen) atoms. The van der Waals surface area contributed by atoms with Gasteiger partial charge in [0, 0.05) is 0 Å². The maximum Gasteiger partial charge on any atom is 0.0527 e. The number of benzene rings is 2. The van der Waals surface area contributed by atoms with E-state index < -0.39 is 0 Å². The number of rotatable bonds is 1. The molecule has 0 fully saturated rings. The van der Waals surface area contributed by atoms with E-state index in [1.807, 2.05) is 0 Å². The second-order valence-corrected chi connectivity index (χ2v) is 6.84. The fraction of sp³-hybridized carbons (Fsp3) is 0.333. The van der Waals surface area contributed by atoms with Gasteiger partial charge in [0.15, 0.2) is 0 Å². The van der Waals surface area contributed by atoms with Crippen LogP contribution < -0.4 is 0 Å². The maximum atomic E-state index is 6.42. The van der Waals surface area contributed by atoms with Gasteiger partial charge >= 0.3 is 0 Å².